The predicted molar refractivity (Wildman–Crippen MR) is 214 cm³/mol. The highest BCUT2D eigenvalue weighted by Gasteiger charge is 2.31. The molecule has 0 amide bonds. The molecule has 0 saturated heterocycles. The Hall–Kier alpha value is -6.76. The molecule has 0 unspecified atom stereocenters. The number of aromatic nitrogens is 8. The van der Waals surface area contributed by atoms with Crippen molar-refractivity contribution in [3.63, 3.8) is 0 Å². The predicted octanol–water partition coefficient (Wildman–Crippen LogP) is 10.0. The fourth-order valence-corrected chi connectivity index (χ4v) is 6.34. The molecule has 296 valence electrons. The molecule has 8 aromatic rings. The number of aryl methyl sites for hydroxylation is 3. The molecular weight excluding hydrogens is 830 g/mol. The van der Waals surface area contributed by atoms with Crippen molar-refractivity contribution in [3.8, 4) is 11.9 Å². The summed E-state index contributed by atoms with van der Waals surface area (Å²) in [6.07, 6.45) is -8.78. The molecule has 0 saturated carbocycles. The molecule has 0 aliphatic carbocycles. The zero-order chi connectivity index (χ0) is 41.5. The summed E-state index contributed by atoms with van der Waals surface area (Å²) in [6.45, 7) is 5.64. The van der Waals surface area contributed by atoms with Gasteiger partial charge in [-0.3, -0.25) is 9.13 Å². The van der Waals surface area contributed by atoms with Gasteiger partial charge in [0, 0.05) is 28.0 Å². The number of hydrogen-bond donors (Lipinski definition) is 4. The maximum Gasteiger partial charge on any atom is 0.416 e. The van der Waals surface area contributed by atoms with Crippen LogP contribution >= 0.6 is 15.9 Å². The maximum atomic E-state index is 12.7. The van der Waals surface area contributed by atoms with Crippen LogP contribution in [0, 0.1) is 20.8 Å². The lowest BCUT2D eigenvalue weighted by Gasteiger charge is -2.11. The summed E-state index contributed by atoms with van der Waals surface area (Å²) in [4.78, 5) is 26.6. The summed E-state index contributed by atoms with van der Waals surface area (Å²) < 4.78 is 80.8. The molecule has 0 radical (unpaired) electrons. The zero-order valence-electron chi connectivity index (χ0n) is 30.6. The van der Waals surface area contributed by atoms with Crippen LogP contribution in [0.5, 0.6) is 0 Å². The number of alkyl halides is 6. The van der Waals surface area contributed by atoms with Crippen molar-refractivity contribution in [1.29, 1.82) is 0 Å². The van der Waals surface area contributed by atoms with Crippen LogP contribution in [0.4, 0.5) is 61.0 Å². The Morgan fingerprint density at radius 3 is 1.36 bits per heavy atom. The first-order chi connectivity index (χ1) is 27.4. The van der Waals surface area contributed by atoms with E-state index in [-0.39, 0.29) is 11.6 Å². The van der Waals surface area contributed by atoms with Gasteiger partial charge >= 0.3 is 12.4 Å². The highest BCUT2D eigenvalue weighted by molar-refractivity contribution is 9.10. The lowest BCUT2D eigenvalue weighted by atomic mass is 10.2. The van der Waals surface area contributed by atoms with Gasteiger partial charge in [-0.2, -0.15) is 46.3 Å². The molecule has 4 aromatic carbocycles. The monoisotopic (exact) mass is 860 g/mol. The summed E-state index contributed by atoms with van der Waals surface area (Å²) in [6, 6.07) is 23.9. The van der Waals surface area contributed by atoms with Crippen LogP contribution in [0.3, 0.4) is 0 Å². The maximum absolute atomic E-state index is 12.7. The van der Waals surface area contributed by atoms with E-state index in [1.165, 1.54) is 36.4 Å². The first kappa shape index (κ1) is 39.5. The zero-order valence-corrected chi connectivity index (χ0v) is 32.2. The van der Waals surface area contributed by atoms with Crippen LogP contribution in [0.25, 0.3) is 34.0 Å². The van der Waals surface area contributed by atoms with Crippen LogP contribution in [0.1, 0.15) is 28.3 Å². The van der Waals surface area contributed by atoms with Crippen LogP contribution in [0.15, 0.2) is 102 Å². The van der Waals surface area contributed by atoms with E-state index in [4.69, 9.17) is 11.5 Å². The number of hydrogen-bond acceptors (Lipinski definition) is 10. The topological polar surface area (TPSA) is 163 Å². The minimum absolute atomic E-state index is 0.209. The molecule has 0 atom stereocenters. The van der Waals surface area contributed by atoms with Gasteiger partial charge in [0.05, 0.1) is 33.2 Å². The van der Waals surface area contributed by atoms with Crippen molar-refractivity contribution >= 4 is 72.6 Å². The van der Waals surface area contributed by atoms with E-state index in [1.807, 2.05) is 57.2 Å². The van der Waals surface area contributed by atoms with Crippen LogP contribution in [-0.2, 0) is 12.4 Å². The smallest absolute Gasteiger partial charge is 0.383 e. The van der Waals surface area contributed by atoms with E-state index in [0.29, 0.717) is 46.6 Å². The van der Waals surface area contributed by atoms with Crippen LogP contribution in [-0.4, -0.2) is 39.0 Å². The number of benzene rings is 4. The molecule has 0 spiro atoms. The van der Waals surface area contributed by atoms with Gasteiger partial charge < -0.3 is 22.1 Å². The minimum Gasteiger partial charge on any atom is -0.383 e. The summed E-state index contributed by atoms with van der Waals surface area (Å²) in [5, 5.41) is 5.94. The summed E-state index contributed by atoms with van der Waals surface area (Å²) in [5.41, 5.74) is 15.6. The van der Waals surface area contributed by atoms with Crippen molar-refractivity contribution < 1.29 is 26.3 Å². The Bertz CT molecular complexity index is 2590. The van der Waals surface area contributed by atoms with Crippen molar-refractivity contribution in [2.24, 2.45) is 0 Å². The largest absolute Gasteiger partial charge is 0.416 e. The number of rotatable bonds is 6. The molecule has 4 heterocycles. The average molecular weight is 862 g/mol. The van der Waals surface area contributed by atoms with E-state index in [2.05, 4.69) is 56.5 Å². The first-order valence-corrected chi connectivity index (χ1v) is 18.0. The number of anilines is 6. The van der Waals surface area contributed by atoms with Crippen LogP contribution < -0.4 is 22.1 Å². The Morgan fingerprint density at radius 1 is 0.517 bits per heavy atom. The Morgan fingerprint density at radius 2 is 0.931 bits per heavy atom. The number of nitrogen functional groups attached to an aromatic ring is 2. The van der Waals surface area contributed by atoms with Gasteiger partial charge in [0.15, 0.2) is 0 Å². The van der Waals surface area contributed by atoms with Gasteiger partial charge in [-0.25, -0.2) is 9.97 Å². The summed E-state index contributed by atoms with van der Waals surface area (Å²) in [5.74, 6) is 3.13. The van der Waals surface area contributed by atoms with Gasteiger partial charge in [-0.1, -0.05) is 22.0 Å². The minimum atomic E-state index is -4.39. The fourth-order valence-electron chi connectivity index (χ4n) is 5.99. The fraction of sp³-hybridized carbons (Fsp3) is 0.128. The van der Waals surface area contributed by atoms with Crippen molar-refractivity contribution in [2.75, 3.05) is 22.1 Å². The molecule has 4 aromatic heterocycles. The van der Waals surface area contributed by atoms with E-state index in [9.17, 15) is 26.3 Å². The highest BCUT2D eigenvalue weighted by Crippen LogP contribution is 2.32. The number of halogens is 7. The molecule has 8 rings (SSSR count). The second-order valence-corrected chi connectivity index (χ2v) is 13.9. The molecule has 0 aliphatic rings. The molecule has 6 N–H and O–H groups in total. The Balaban J connectivity index is 0.000000177. The van der Waals surface area contributed by atoms with E-state index < -0.39 is 23.5 Å². The van der Waals surface area contributed by atoms with E-state index in [1.54, 1.807) is 9.13 Å². The number of nitrogens with one attached hydrogen (secondary N) is 2. The second kappa shape index (κ2) is 15.3. The molecule has 19 heteroatoms. The normalized spacial score (nSPS) is 11.8. The summed E-state index contributed by atoms with van der Waals surface area (Å²) >= 11 is 3.44. The van der Waals surface area contributed by atoms with Gasteiger partial charge in [0.2, 0.25) is 11.9 Å². The van der Waals surface area contributed by atoms with Crippen LogP contribution in [0.2, 0.25) is 0 Å². The van der Waals surface area contributed by atoms with Gasteiger partial charge in [-0.05, 0) is 105 Å². The quantitative estimate of drug-likeness (QED) is 0.118. The van der Waals surface area contributed by atoms with Gasteiger partial charge in [0.25, 0.3) is 0 Å². The molecule has 0 fully saturated rings. The summed E-state index contributed by atoms with van der Waals surface area (Å²) in [7, 11) is 0. The van der Waals surface area contributed by atoms with Crippen molar-refractivity contribution in [1.82, 2.24) is 39.0 Å². The van der Waals surface area contributed by atoms with Crippen molar-refractivity contribution in [2.45, 2.75) is 33.1 Å². The molecular formula is C39H31BrF6N12. The lowest BCUT2D eigenvalue weighted by molar-refractivity contribution is -0.138. The average Bonchev–Trinajstić information content (AvgIpc) is 3.65. The van der Waals surface area contributed by atoms with Crippen molar-refractivity contribution in [3.05, 3.63) is 130 Å². The van der Waals surface area contributed by atoms with Gasteiger partial charge in [-0.15, -0.1) is 0 Å². The first-order valence-electron chi connectivity index (χ1n) is 17.2. The third-order valence-electron chi connectivity index (χ3n) is 8.60. The second-order valence-electron chi connectivity index (χ2n) is 13.0. The SMILES string of the molecule is Cc1ccc2nc(C)n(-c3nc(N)cc(Nc4ccc(C(F)(F)F)cc4)n3)c2c1.Cc1nc2ccc(Br)cc2n1-c1nc(N)cc(Nc2ccc(C(F)(F)F)cc2)n1. The van der Waals surface area contributed by atoms with Gasteiger partial charge in [0.1, 0.15) is 34.9 Å². The molecule has 58 heavy (non-hydrogen) atoms. The molecule has 0 bridgehead atoms. The third kappa shape index (κ3) is 8.63. The Kier molecular flexibility index (Phi) is 10.4. The number of imidazole rings is 2. The Labute approximate surface area is 334 Å². The van der Waals surface area contributed by atoms with E-state index >= 15 is 0 Å². The molecule has 0 aliphatic heterocycles. The highest BCUT2D eigenvalue weighted by atomic mass is 79.9. The number of nitrogens with two attached hydrogens (primary N) is 2. The number of nitrogens with zero attached hydrogens (tertiary/aromatic N) is 8. The number of fused-ring (bicyclic) bond motifs is 2. The molecule has 12 nitrogen and oxygen atoms in total. The standard InChI is InChI=1S/C20H17F3N6.C19H14BrF3N6/c1-11-3-8-15-16(9-11)29(12(2)25-15)19-27-17(24)10-18(28-19)26-14-6-4-13(5-7-14)20(21,22)23;1-10-25-14-7-4-12(20)8-15(14)29(10)18-27-16(24)9-17(28-18)26-13-5-2-11(3-6-13)19(21,22)23/h3-10H,1-2H3,(H3,24,26,27,28);2-9H,1H3,(H3,24,26,27,28). The van der Waals surface area contributed by atoms with E-state index in [0.717, 1.165) is 56.4 Å². The lowest BCUT2D eigenvalue weighted by Crippen LogP contribution is -2.08. The third-order valence-corrected chi connectivity index (χ3v) is 9.09.